The third-order valence-electron chi connectivity index (χ3n) is 2.56. The van der Waals surface area contributed by atoms with Crippen LogP contribution in [0.25, 0.3) is 22.5 Å². The molecule has 3 aromatic rings. The fraction of sp³-hybridized carbons (Fsp3) is 0. The summed E-state index contributed by atoms with van der Waals surface area (Å²) in [7, 11) is 0. The van der Waals surface area contributed by atoms with Gasteiger partial charge in [0, 0.05) is 35.9 Å². The van der Waals surface area contributed by atoms with Gasteiger partial charge < -0.3 is 4.98 Å². The lowest BCUT2D eigenvalue weighted by Gasteiger charge is -2.06. The summed E-state index contributed by atoms with van der Waals surface area (Å²) in [6.07, 6.45) is 7.16. The Morgan fingerprint density at radius 2 is 2.12 bits per heavy atom. The molecule has 81 valence electrons. The Balaban J connectivity index is 2.18. The number of hydrogen-bond acceptors (Lipinski definition) is 2. The van der Waals surface area contributed by atoms with Crippen molar-refractivity contribution in [3.63, 3.8) is 0 Å². The molecule has 3 heteroatoms. The number of hydrogen-bond donors (Lipinski definition) is 1. The molecule has 0 unspecified atom stereocenters. The largest absolute Gasteiger partial charge is 0.345 e. The van der Waals surface area contributed by atoms with Gasteiger partial charge in [0.25, 0.3) is 0 Å². The molecule has 0 bridgehead atoms. The Bertz CT molecular complexity index is 600. The van der Waals surface area contributed by atoms with Gasteiger partial charge >= 0.3 is 0 Å². The van der Waals surface area contributed by atoms with Crippen molar-refractivity contribution >= 4 is 0 Å². The van der Waals surface area contributed by atoms with Gasteiger partial charge in [0.2, 0.25) is 0 Å². The van der Waals surface area contributed by atoms with E-state index in [9.17, 15) is 0 Å². The third-order valence-corrected chi connectivity index (χ3v) is 2.56. The molecule has 2 heterocycles. The summed E-state index contributed by atoms with van der Waals surface area (Å²) in [6.45, 7) is 0. The van der Waals surface area contributed by atoms with Gasteiger partial charge in [0.15, 0.2) is 0 Å². The van der Waals surface area contributed by atoms with Gasteiger partial charge in [0.1, 0.15) is 5.82 Å². The van der Waals surface area contributed by atoms with Crippen LogP contribution in [0.1, 0.15) is 0 Å². The zero-order chi connectivity index (χ0) is 11.5. The highest BCUT2D eigenvalue weighted by Gasteiger charge is 2.08. The highest BCUT2D eigenvalue weighted by molar-refractivity contribution is 5.79. The first-order valence-electron chi connectivity index (χ1n) is 5.36. The molecular weight excluding hydrogens is 210 g/mol. The van der Waals surface area contributed by atoms with Crippen LogP contribution in [0.3, 0.4) is 0 Å². The molecular formula is C14H10N3. The van der Waals surface area contributed by atoms with E-state index in [1.165, 1.54) is 0 Å². The van der Waals surface area contributed by atoms with Crippen LogP contribution >= 0.6 is 0 Å². The Hall–Kier alpha value is -2.42. The van der Waals surface area contributed by atoms with E-state index in [-0.39, 0.29) is 0 Å². The number of rotatable bonds is 2. The van der Waals surface area contributed by atoms with Crippen molar-refractivity contribution in [1.29, 1.82) is 0 Å². The standard InChI is InChI=1S/C14H10N3/c1-2-6-13(14-16-8-9-17-14)12(5-1)11-4-3-7-15-10-11/h1-5,7-10H,(H,16,17). The van der Waals surface area contributed by atoms with Crippen molar-refractivity contribution in [2.75, 3.05) is 0 Å². The van der Waals surface area contributed by atoms with Crippen LogP contribution in [0, 0.1) is 6.07 Å². The van der Waals surface area contributed by atoms with Crippen molar-refractivity contribution in [1.82, 2.24) is 15.0 Å². The number of nitrogens with one attached hydrogen (secondary N) is 1. The third kappa shape index (κ3) is 1.83. The number of aromatic nitrogens is 3. The molecule has 0 amide bonds. The Morgan fingerprint density at radius 1 is 1.12 bits per heavy atom. The lowest BCUT2D eigenvalue weighted by Crippen LogP contribution is -1.87. The smallest absolute Gasteiger partial charge is 0.138 e. The fourth-order valence-corrected chi connectivity index (χ4v) is 1.80. The summed E-state index contributed by atoms with van der Waals surface area (Å²) in [4.78, 5) is 11.5. The maximum Gasteiger partial charge on any atom is 0.138 e. The van der Waals surface area contributed by atoms with Gasteiger partial charge in [-0.2, -0.15) is 0 Å². The number of pyridine rings is 1. The van der Waals surface area contributed by atoms with Crippen molar-refractivity contribution < 1.29 is 0 Å². The number of imidazole rings is 1. The molecule has 1 aromatic carbocycles. The monoisotopic (exact) mass is 220 g/mol. The summed E-state index contributed by atoms with van der Waals surface area (Å²) in [5.41, 5.74) is 3.11. The number of H-pyrrole nitrogens is 1. The van der Waals surface area contributed by atoms with Crippen molar-refractivity contribution in [2.24, 2.45) is 0 Å². The number of aromatic amines is 1. The van der Waals surface area contributed by atoms with E-state index in [1.54, 1.807) is 12.4 Å². The number of benzene rings is 1. The van der Waals surface area contributed by atoms with E-state index in [4.69, 9.17) is 0 Å². The average Bonchev–Trinajstić information content (AvgIpc) is 2.94. The quantitative estimate of drug-likeness (QED) is 0.721. The minimum Gasteiger partial charge on any atom is -0.345 e. The SMILES string of the molecule is [c]1cccc(-c2cccnc2)c1-c1ncc[nH]1. The molecule has 2 aromatic heterocycles. The van der Waals surface area contributed by atoms with Crippen LogP contribution in [-0.4, -0.2) is 15.0 Å². The first kappa shape index (κ1) is 9.78. The molecule has 0 aliphatic heterocycles. The van der Waals surface area contributed by atoms with Crippen LogP contribution in [0.2, 0.25) is 0 Å². The molecule has 1 radical (unpaired) electrons. The van der Waals surface area contributed by atoms with Crippen molar-refractivity contribution in [2.45, 2.75) is 0 Å². The lowest BCUT2D eigenvalue weighted by molar-refractivity contribution is 1.30. The lowest BCUT2D eigenvalue weighted by atomic mass is 10.0. The predicted molar refractivity (Wildman–Crippen MR) is 66.1 cm³/mol. The van der Waals surface area contributed by atoms with Crippen molar-refractivity contribution in [3.05, 3.63) is 61.2 Å². The van der Waals surface area contributed by atoms with Gasteiger partial charge in [-0.25, -0.2) is 4.98 Å². The van der Waals surface area contributed by atoms with E-state index in [2.05, 4.69) is 21.0 Å². The minimum absolute atomic E-state index is 0.824. The fourth-order valence-electron chi connectivity index (χ4n) is 1.80. The average molecular weight is 220 g/mol. The molecule has 0 spiro atoms. The topological polar surface area (TPSA) is 41.6 Å². The predicted octanol–water partition coefficient (Wildman–Crippen LogP) is 2.94. The Labute approximate surface area is 99.2 Å². The summed E-state index contributed by atoms with van der Waals surface area (Å²) in [6, 6.07) is 13.1. The maximum absolute atomic E-state index is 4.27. The van der Waals surface area contributed by atoms with Gasteiger partial charge in [-0.15, -0.1) is 0 Å². The van der Waals surface area contributed by atoms with Crippen LogP contribution in [0.4, 0.5) is 0 Å². The van der Waals surface area contributed by atoms with Crippen LogP contribution < -0.4 is 0 Å². The second kappa shape index (κ2) is 4.22. The van der Waals surface area contributed by atoms with Crippen LogP contribution in [0.5, 0.6) is 0 Å². The molecule has 0 atom stereocenters. The molecule has 0 saturated carbocycles. The van der Waals surface area contributed by atoms with E-state index >= 15 is 0 Å². The van der Waals surface area contributed by atoms with Gasteiger partial charge in [-0.1, -0.05) is 24.3 Å². The van der Waals surface area contributed by atoms with Gasteiger partial charge in [-0.05, 0) is 17.7 Å². The number of nitrogens with zero attached hydrogens (tertiary/aromatic N) is 2. The molecule has 3 rings (SSSR count). The van der Waals surface area contributed by atoms with E-state index < -0.39 is 0 Å². The summed E-state index contributed by atoms with van der Waals surface area (Å²) in [5.74, 6) is 0.824. The van der Waals surface area contributed by atoms with Crippen LogP contribution in [-0.2, 0) is 0 Å². The highest BCUT2D eigenvalue weighted by atomic mass is 14.9. The molecule has 0 saturated heterocycles. The zero-order valence-corrected chi connectivity index (χ0v) is 9.09. The Kier molecular flexibility index (Phi) is 2.43. The van der Waals surface area contributed by atoms with Gasteiger partial charge in [0.05, 0.1) is 0 Å². The zero-order valence-electron chi connectivity index (χ0n) is 9.09. The molecule has 17 heavy (non-hydrogen) atoms. The second-order valence-corrected chi connectivity index (χ2v) is 3.64. The van der Waals surface area contributed by atoms with Crippen molar-refractivity contribution in [3.8, 4) is 22.5 Å². The highest BCUT2D eigenvalue weighted by Crippen LogP contribution is 2.28. The molecule has 0 aliphatic carbocycles. The summed E-state index contributed by atoms with van der Waals surface area (Å²) >= 11 is 0. The second-order valence-electron chi connectivity index (χ2n) is 3.64. The minimum atomic E-state index is 0.824. The normalized spacial score (nSPS) is 10.4. The summed E-state index contributed by atoms with van der Waals surface area (Å²) < 4.78 is 0. The molecule has 0 aliphatic rings. The maximum atomic E-state index is 4.27. The van der Waals surface area contributed by atoms with Crippen LogP contribution in [0.15, 0.2) is 55.1 Å². The van der Waals surface area contributed by atoms with E-state index in [1.807, 2.05) is 42.7 Å². The molecule has 1 N–H and O–H groups in total. The Morgan fingerprint density at radius 3 is 2.88 bits per heavy atom. The van der Waals surface area contributed by atoms with E-state index in [0.29, 0.717) is 0 Å². The first-order valence-corrected chi connectivity index (χ1v) is 5.36. The molecule has 3 nitrogen and oxygen atoms in total. The molecule has 0 fully saturated rings. The van der Waals surface area contributed by atoms with E-state index in [0.717, 1.165) is 22.5 Å². The first-order chi connectivity index (χ1) is 8.45. The van der Waals surface area contributed by atoms with Gasteiger partial charge in [-0.3, -0.25) is 4.98 Å². The summed E-state index contributed by atoms with van der Waals surface area (Å²) in [5, 5.41) is 0.